The van der Waals surface area contributed by atoms with Crippen LogP contribution in [-0.4, -0.2) is 5.11 Å². The third kappa shape index (κ3) is 2.17. The van der Waals surface area contributed by atoms with Gasteiger partial charge in [-0.1, -0.05) is 91.0 Å². The molecule has 4 aromatic carbocycles. The number of fused-ring (bicyclic) bond motifs is 3. The summed E-state index contributed by atoms with van der Waals surface area (Å²) in [6.07, 6.45) is 0. The van der Waals surface area contributed by atoms with Gasteiger partial charge in [0, 0.05) is 5.56 Å². The van der Waals surface area contributed by atoms with Crippen molar-refractivity contribution < 1.29 is 5.11 Å². The Morgan fingerprint density at radius 2 is 1.15 bits per heavy atom. The van der Waals surface area contributed by atoms with Gasteiger partial charge in [-0.05, 0) is 49.8 Å². The summed E-state index contributed by atoms with van der Waals surface area (Å²) in [5.41, 5.74) is 6.68. The number of halogens is 1. The molecule has 4 aromatic rings. The monoisotopic (exact) mass is 412 g/mol. The van der Waals surface area contributed by atoms with E-state index in [-0.39, 0.29) is 5.75 Å². The molecule has 0 unspecified atom stereocenters. The van der Waals surface area contributed by atoms with Gasteiger partial charge in [-0.3, -0.25) is 0 Å². The summed E-state index contributed by atoms with van der Waals surface area (Å²) in [5.74, 6) is 0.264. The molecule has 0 saturated heterocycles. The first kappa shape index (κ1) is 16.3. The summed E-state index contributed by atoms with van der Waals surface area (Å²) in [5, 5.41) is 10.4. The van der Waals surface area contributed by atoms with Crippen molar-refractivity contribution in [2.75, 3.05) is 0 Å². The Bertz CT molecular complexity index is 1090. The molecule has 0 bridgehead atoms. The molecule has 0 spiro atoms. The van der Waals surface area contributed by atoms with Crippen molar-refractivity contribution in [3.63, 3.8) is 0 Å². The zero-order valence-corrected chi connectivity index (χ0v) is 16.1. The van der Waals surface area contributed by atoms with Crippen molar-refractivity contribution in [3.8, 4) is 16.9 Å². The second-order valence-electron chi connectivity index (χ2n) is 6.85. The molecule has 1 aliphatic rings. The molecule has 0 aliphatic heterocycles. The maximum Gasteiger partial charge on any atom is 0.130 e. The number of phenols is 1. The van der Waals surface area contributed by atoms with Gasteiger partial charge in [0.25, 0.3) is 0 Å². The van der Waals surface area contributed by atoms with E-state index >= 15 is 0 Å². The zero-order valence-electron chi connectivity index (χ0n) is 14.6. The van der Waals surface area contributed by atoms with E-state index in [1.165, 1.54) is 22.3 Å². The molecular weight excluding hydrogens is 396 g/mol. The Morgan fingerprint density at radius 1 is 0.593 bits per heavy atom. The van der Waals surface area contributed by atoms with E-state index in [1.54, 1.807) is 6.07 Å². The molecule has 0 heterocycles. The average molecular weight is 413 g/mol. The predicted octanol–water partition coefficient (Wildman–Crippen LogP) is 6.52. The van der Waals surface area contributed by atoms with Crippen molar-refractivity contribution >= 4 is 15.9 Å². The van der Waals surface area contributed by atoms with Gasteiger partial charge in [0.2, 0.25) is 0 Å². The second kappa shape index (κ2) is 6.11. The molecule has 5 rings (SSSR count). The van der Waals surface area contributed by atoms with Crippen molar-refractivity contribution in [1.82, 2.24) is 0 Å². The van der Waals surface area contributed by atoms with Crippen molar-refractivity contribution in [3.05, 3.63) is 124 Å². The van der Waals surface area contributed by atoms with Crippen LogP contribution in [-0.2, 0) is 5.41 Å². The van der Waals surface area contributed by atoms with Crippen LogP contribution >= 0.6 is 15.9 Å². The van der Waals surface area contributed by atoms with E-state index in [2.05, 4.69) is 107 Å². The molecular formula is C25H17BrO. The van der Waals surface area contributed by atoms with Crippen LogP contribution in [0.3, 0.4) is 0 Å². The summed E-state index contributed by atoms with van der Waals surface area (Å²) in [4.78, 5) is 0. The number of hydrogen-bond acceptors (Lipinski definition) is 1. The quantitative estimate of drug-likeness (QED) is 0.349. The van der Waals surface area contributed by atoms with Crippen LogP contribution in [0.5, 0.6) is 5.75 Å². The lowest BCUT2D eigenvalue weighted by atomic mass is 9.68. The highest BCUT2D eigenvalue weighted by atomic mass is 79.9. The minimum atomic E-state index is -0.412. The van der Waals surface area contributed by atoms with Gasteiger partial charge in [-0.15, -0.1) is 0 Å². The Balaban J connectivity index is 2.01. The Morgan fingerprint density at radius 3 is 1.78 bits per heavy atom. The highest BCUT2D eigenvalue weighted by Gasteiger charge is 2.46. The van der Waals surface area contributed by atoms with Gasteiger partial charge in [0.1, 0.15) is 5.75 Å². The molecule has 2 heteroatoms. The molecule has 0 aromatic heterocycles. The van der Waals surface area contributed by atoms with Crippen LogP contribution in [0.4, 0.5) is 0 Å². The fourth-order valence-electron chi connectivity index (χ4n) is 4.48. The number of aromatic hydroxyl groups is 1. The maximum absolute atomic E-state index is 10.4. The van der Waals surface area contributed by atoms with Crippen LogP contribution in [0.1, 0.15) is 22.3 Å². The fraction of sp³-hybridized carbons (Fsp3) is 0.0400. The predicted molar refractivity (Wildman–Crippen MR) is 113 cm³/mol. The van der Waals surface area contributed by atoms with Crippen LogP contribution in [0.2, 0.25) is 0 Å². The van der Waals surface area contributed by atoms with Crippen molar-refractivity contribution in [2.45, 2.75) is 5.41 Å². The molecule has 1 aliphatic carbocycles. The molecule has 0 amide bonds. The second-order valence-corrected chi connectivity index (χ2v) is 7.64. The Hall–Kier alpha value is -2.84. The first-order valence-corrected chi connectivity index (χ1v) is 9.76. The lowest BCUT2D eigenvalue weighted by Gasteiger charge is -2.33. The SMILES string of the molecule is Oc1ccc2c(c1Br)-c1ccccc1C2(c1ccccc1)c1ccccc1. The number of rotatable bonds is 2. The first-order valence-electron chi connectivity index (χ1n) is 8.97. The Kier molecular flexibility index (Phi) is 3.70. The number of hydrogen-bond donors (Lipinski definition) is 1. The van der Waals surface area contributed by atoms with Gasteiger partial charge in [-0.2, -0.15) is 0 Å². The molecule has 130 valence electrons. The average Bonchev–Trinajstić information content (AvgIpc) is 3.04. The van der Waals surface area contributed by atoms with E-state index in [1.807, 2.05) is 0 Å². The lowest BCUT2D eigenvalue weighted by Crippen LogP contribution is -2.28. The normalized spacial score (nSPS) is 13.8. The fourth-order valence-corrected chi connectivity index (χ4v) is 5.04. The third-order valence-corrected chi connectivity index (χ3v) is 6.34. The molecule has 0 radical (unpaired) electrons. The van der Waals surface area contributed by atoms with Crippen LogP contribution in [0, 0.1) is 0 Å². The van der Waals surface area contributed by atoms with Gasteiger partial charge in [0.15, 0.2) is 0 Å². The largest absolute Gasteiger partial charge is 0.507 e. The van der Waals surface area contributed by atoms with E-state index in [0.29, 0.717) is 0 Å². The van der Waals surface area contributed by atoms with Gasteiger partial charge < -0.3 is 5.11 Å². The summed E-state index contributed by atoms with van der Waals surface area (Å²) >= 11 is 3.65. The molecule has 1 N–H and O–H groups in total. The van der Waals surface area contributed by atoms with E-state index in [9.17, 15) is 5.11 Å². The van der Waals surface area contributed by atoms with E-state index in [0.717, 1.165) is 15.6 Å². The Labute approximate surface area is 167 Å². The number of phenolic OH excluding ortho intramolecular Hbond substituents is 1. The molecule has 27 heavy (non-hydrogen) atoms. The smallest absolute Gasteiger partial charge is 0.130 e. The summed E-state index contributed by atoms with van der Waals surface area (Å²) in [7, 11) is 0. The van der Waals surface area contributed by atoms with Gasteiger partial charge >= 0.3 is 0 Å². The first-order chi connectivity index (χ1) is 13.2. The summed E-state index contributed by atoms with van der Waals surface area (Å²) < 4.78 is 0.751. The molecule has 0 fully saturated rings. The van der Waals surface area contributed by atoms with Gasteiger partial charge in [-0.25, -0.2) is 0 Å². The summed E-state index contributed by atoms with van der Waals surface area (Å²) in [6, 6.07) is 33.6. The maximum atomic E-state index is 10.4. The molecule has 0 atom stereocenters. The van der Waals surface area contributed by atoms with Crippen LogP contribution in [0.15, 0.2) is 102 Å². The van der Waals surface area contributed by atoms with Crippen molar-refractivity contribution in [1.29, 1.82) is 0 Å². The topological polar surface area (TPSA) is 20.2 Å². The highest BCUT2D eigenvalue weighted by Crippen LogP contribution is 2.58. The van der Waals surface area contributed by atoms with E-state index in [4.69, 9.17) is 0 Å². The number of benzene rings is 4. The van der Waals surface area contributed by atoms with Gasteiger partial charge in [0.05, 0.1) is 9.89 Å². The lowest BCUT2D eigenvalue weighted by molar-refractivity contribution is 0.472. The van der Waals surface area contributed by atoms with Crippen LogP contribution < -0.4 is 0 Å². The zero-order chi connectivity index (χ0) is 18.4. The van der Waals surface area contributed by atoms with Crippen LogP contribution in [0.25, 0.3) is 11.1 Å². The van der Waals surface area contributed by atoms with E-state index < -0.39 is 5.41 Å². The minimum absolute atomic E-state index is 0.264. The third-order valence-electron chi connectivity index (χ3n) is 5.54. The highest BCUT2D eigenvalue weighted by molar-refractivity contribution is 9.10. The minimum Gasteiger partial charge on any atom is -0.507 e. The molecule has 1 nitrogen and oxygen atoms in total. The standard InChI is InChI=1S/C25H17BrO/c26-24-22(27)16-15-21-23(24)19-13-7-8-14-20(19)25(21,17-9-3-1-4-10-17)18-11-5-2-6-12-18/h1-16,27H. The summed E-state index contributed by atoms with van der Waals surface area (Å²) in [6.45, 7) is 0. The van der Waals surface area contributed by atoms with Crippen molar-refractivity contribution in [2.24, 2.45) is 0 Å². The molecule has 0 saturated carbocycles.